The molecular formula is C11H17NO. The Morgan fingerprint density at radius 1 is 1.15 bits per heavy atom. The minimum absolute atomic E-state index is 0.404. The van der Waals surface area contributed by atoms with E-state index in [2.05, 4.69) is 11.8 Å². The monoisotopic (exact) mass is 179 g/mol. The summed E-state index contributed by atoms with van der Waals surface area (Å²) in [5.41, 5.74) is 0. The average molecular weight is 179 g/mol. The first-order valence-electron chi connectivity index (χ1n) is 5.59. The molecule has 0 spiro atoms. The zero-order chi connectivity index (χ0) is 9.00. The van der Waals surface area contributed by atoms with Gasteiger partial charge in [0, 0.05) is 18.0 Å². The van der Waals surface area contributed by atoms with Crippen molar-refractivity contribution in [3.05, 3.63) is 0 Å². The molecule has 0 aromatic heterocycles. The zero-order valence-corrected chi connectivity index (χ0v) is 8.20. The highest BCUT2D eigenvalue weighted by Crippen LogP contribution is 2.45. The van der Waals surface area contributed by atoms with E-state index in [0.29, 0.717) is 29.8 Å². The van der Waals surface area contributed by atoms with Gasteiger partial charge in [0.05, 0.1) is 0 Å². The zero-order valence-electron chi connectivity index (χ0n) is 8.20. The third-order valence-corrected chi connectivity index (χ3v) is 4.13. The Morgan fingerprint density at radius 2 is 1.62 bits per heavy atom. The summed E-state index contributed by atoms with van der Waals surface area (Å²) < 4.78 is 0. The summed E-state index contributed by atoms with van der Waals surface area (Å²) in [4.78, 5) is 14.2. The van der Waals surface area contributed by atoms with Crippen LogP contribution in [0.2, 0.25) is 0 Å². The first-order chi connectivity index (χ1) is 6.27. The first-order valence-corrected chi connectivity index (χ1v) is 5.59. The molecule has 2 heteroatoms. The molecule has 2 atom stereocenters. The molecule has 0 unspecified atom stereocenters. The van der Waals surface area contributed by atoms with Gasteiger partial charge < -0.3 is 4.90 Å². The largest absolute Gasteiger partial charge is 0.336 e. The van der Waals surface area contributed by atoms with Crippen molar-refractivity contribution >= 4 is 5.91 Å². The van der Waals surface area contributed by atoms with Crippen LogP contribution in [0.1, 0.15) is 39.0 Å². The van der Waals surface area contributed by atoms with Gasteiger partial charge >= 0.3 is 0 Å². The topological polar surface area (TPSA) is 20.3 Å². The number of carbonyl (C=O) groups excluding carboxylic acids is 1. The van der Waals surface area contributed by atoms with E-state index in [-0.39, 0.29) is 0 Å². The van der Waals surface area contributed by atoms with E-state index in [1.54, 1.807) is 0 Å². The maximum atomic E-state index is 12.0. The maximum absolute atomic E-state index is 12.0. The molecule has 2 aliphatic heterocycles. The molecule has 1 saturated carbocycles. The van der Waals surface area contributed by atoms with Gasteiger partial charge in [0.15, 0.2) is 0 Å². The third kappa shape index (κ3) is 1.04. The molecule has 72 valence electrons. The lowest BCUT2D eigenvalue weighted by atomic mass is 10.0. The Kier molecular flexibility index (Phi) is 1.50. The van der Waals surface area contributed by atoms with Gasteiger partial charge in [-0.1, -0.05) is 6.92 Å². The fourth-order valence-corrected chi connectivity index (χ4v) is 3.13. The lowest BCUT2D eigenvalue weighted by Crippen LogP contribution is -2.36. The molecule has 3 fully saturated rings. The van der Waals surface area contributed by atoms with Crippen LogP contribution >= 0.6 is 0 Å². The summed E-state index contributed by atoms with van der Waals surface area (Å²) in [7, 11) is 0. The molecule has 2 bridgehead atoms. The van der Waals surface area contributed by atoms with Gasteiger partial charge in [0.2, 0.25) is 5.91 Å². The number of rotatable bonds is 1. The standard InChI is InChI=1S/C11H17NO/c1-7-6-10(7)11(13)12-8-2-3-9(12)5-4-8/h7-10H,2-6H2,1H3/t7-,8?,9?,10-/m0/s1. The highest BCUT2D eigenvalue weighted by molar-refractivity contribution is 5.82. The van der Waals surface area contributed by atoms with Gasteiger partial charge in [0.25, 0.3) is 0 Å². The molecule has 2 nitrogen and oxygen atoms in total. The molecule has 1 aliphatic carbocycles. The van der Waals surface area contributed by atoms with Crippen molar-refractivity contribution in [1.29, 1.82) is 0 Å². The van der Waals surface area contributed by atoms with Crippen LogP contribution in [0, 0.1) is 11.8 Å². The van der Waals surface area contributed by atoms with E-state index in [1.807, 2.05) is 0 Å². The molecule has 3 aliphatic rings. The summed E-state index contributed by atoms with van der Waals surface area (Å²) in [5.74, 6) is 1.56. The van der Waals surface area contributed by atoms with Crippen molar-refractivity contribution in [2.45, 2.75) is 51.1 Å². The highest BCUT2D eigenvalue weighted by Gasteiger charge is 2.49. The number of amides is 1. The second-order valence-corrected chi connectivity index (χ2v) is 5.03. The second kappa shape index (κ2) is 2.49. The van der Waals surface area contributed by atoms with Crippen LogP contribution in [0.3, 0.4) is 0 Å². The summed E-state index contributed by atoms with van der Waals surface area (Å²) in [6.45, 7) is 2.19. The maximum Gasteiger partial charge on any atom is 0.226 e. The molecule has 2 saturated heterocycles. The van der Waals surface area contributed by atoms with Gasteiger partial charge in [-0.25, -0.2) is 0 Å². The fourth-order valence-electron chi connectivity index (χ4n) is 3.13. The van der Waals surface area contributed by atoms with Crippen LogP contribution in [-0.4, -0.2) is 22.9 Å². The Bertz CT molecular complexity index is 230. The van der Waals surface area contributed by atoms with Crippen LogP contribution < -0.4 is 0 Å². The van der Waals surface area contributed by atoms with Crippen LogP contribution in [0.15, 0.2) is 0 Å². The first kappa shape index (κ1) is 7.84. The minimum Gasteiger partial charge on any atom is -0.336 e. The molecule has 0 aromatic carbocycles. The average Bonchev–Trinajstić information content (AvgIpc) is 2.63. The summed E-state index contributed by atoms with van der Waals surface area (Å²) in [5, 5.41) is 0. The van der Waals surface area contributed by atoms with Gasteiger partial charge in [-0.3, -0.25) is 4.79 Å². The normalized spacial score (nSPS) is 47.0. The van der Waals surface area contributed by atoms with Crippen LogP contribution in [-0.2, 0) is 4.79 Å². The van der Waals surface area contributed by atoms with E-state index in [9.17, 15) is 4.79 Å². The predicted octanol–water partition coefficient (Wildman–Crippen LogP) is 1.80. The van der Waals surface area contributed by atoms with Crippen molar-refractivity contribution in [2.24, 2.45) is 11.8 Å². The van der Waals surface area contributed by atoms with Gasteiger partial charge in [0.1, 0.15) is 0 Å². The molecule has 0 radical (unpaired) electrons. The quantitative estimate of drug-likeness (QED) is 0.601. The lowest BCUT2D eigenvalue weighted by Gasteiger charge is -2.22. The molecule has 13 heavy (non-hydrogen) atoms. The molecule has 1 amide bonds. The number of fused-ring (bicyclic) bond motifs is 2. The number of hydrogen-bond donors (Lipinski definition) is 0. The molecular weight excluding hydrogens is 162 g/mol. The molecule has 2 heterocycles. The SMILES string of the molecule is C[C@H]1C[C@@H]1C(=O)N1C2CCC1CC2. The van der Waals surface area contributed by atoms with Crippen molar-refractivity contribution < 1.29 is 4.79 Å². The third-order valence-electron chi connectivity index (χ3n) is 4.13. The number of hydrogen-bond acceptors (Lipinski definition) is 1. The number of nitrogens with zero attached hydrogens (tertiary/aromatic N) is 1. The van der Waals surface area contributed by atoms with E-state index >= 15 is 0 Å². The van der Waals surface area contributed by atoms with E-state index in [1.165, 1.54) is 25.7 Å². The minimum atomic E-state index is 0.404. The Morgan fingerprint density at radius 3 is 2.00 bits per heavy atom. The Hall–Kier alpha value is -0.530. The van der Waals surface area contributed by atoms with Gasteiger partial charge in [-0.2, -0.15) is 0 Å². The van der Waals surface area contributed by atoms with Crippen LogP contribution in [0.25, 0.3) is 0 Å². The van der Waals surface area contributed by atoms with E-state index < -0.39 is 0 Å². The van der Waals surface area contributed by atoms with Crippen LogP contribution in [0.5, 0.6) is 0 Å². The highest BCUT2D eigenvalue weighted by atomic mass is 16.2. The van der Waals surface area contributed by atoms with E-state index in [4.69, 9.17) is 0 Å². The lowest BCUT2D eigenvalue weighted by molar-refractivity contribution is -0.134. The van der Waals surface area contributed by atoms with Crippen LogP contribution in [0.4, 0.5) is 0 Å². The van der Waals surface area contributed by atoms with Gasteiger partial charge in [-0.05, 0) is 38.0 Å². The molecule has 0 N–H and O–H groups in total. The van der Waals surface area contributed by atoms with E-state index in [0.717, 1.165) is 6.42 Å². The van der Waals surface area contributed by atoms with Crippen molar-refractivity contribution in [1.82, 2.24) is 4.90 Å². The smallest absolute Gasteiger partial charge is 0.226 e. The van der Waals surface area contributed by atoms with Crippen molar-refractivity contribution in [2.75, 3.05) is 0 Å². The molecule has 3 rings (SSSR count). The number of carbonyl (C=O) groups is 1. The van der Waals surface area contributed by atoms with Gasteiger partial charge in [-0.15, -0.1) is 0 Å². The summed E-state index contributed by atoms with van der Waals surface area (Å²) in [6, 6.07) is 1.26. The second-order valence-electron chi connectivity index (χ2n) is 5.03. The Balaban J connectivity index is 1.75. The van der Waals surface area contributed by atoms with Crippen molar-refractivity contribution in [3.8, 4) is 0 Å². The summed E-state index contributed by atoms with van der Waals surface area (Å²) in [6.07, 6.45) is 6.25. The fraction of sp³-hybridized carbons (Fsp3) is 0.909. The molecule has 0 aromatic rings. The summed E-state index contributed by atoms with van der Waals surface area (Å²) >= 11 is 0. The predicted molar refractivity (Wildman–Crippen MR) is 50.2 cm³/mol. The van der Waals surface area contributed by atoms with Crippen molar-refractivity contribution in [3.63, 3.8) is 0 Å². The Labute approximate surface area is 79.3 Å².